The van der Waals surface area contributed by atoms with Gasteiger partial charge in [-0.05, 0) is 38.3 Å². The number of nitrogens with zero attached hydrogens (tertiary/aromatic N) is 2. The van der Waals surface area contributed by atoms with Crippen LogP contribution in [0, 0.1) is 6.92 Å². The van der Waals surface area contributed by atoms with Crippen LogP contribution in [0.25, 0.3) is 0 Å². The number of likely N-dealkylation sites (N-methyl/N-ethyl adjacent to an activating group) is 1. The Morgan fingerprint density at radius 1 is 1.33 bits per heavy atom. The first-order chi connectivity index (χ1) is 11.6. The van der Waals surface area contributed by atoms with Crippen molar-refractivity contribution in [2.75, 3.05) is 7.05 Å². The normalized spacial score (nSPS) is 23.7. The third-order valence-electron chi connectivity index (χ3n) is 4.55. The minimum atomic E-state index is -0.707. The number of benzene rings is 1. The molecular weight excluding hydrogens is 324 g/mol. The van der Waals surface area contributed by atoms with E-state index < -0.39 is 6.10 Å². The highest BCUT2D eigenvalue weighted by Gasteiger charge is 2.38. The van der Waals surface area contributed by atoms with Crippen molar-refractivity contribution in [1.82, 2.24) is 9.88 Å². The monoisotopic (exact) mass is 346 g/mol. The SMILES string of the molecule is Cc1ncsc1C(=O)N(C)[C@@H]1CCC[C@@H](Oc2ccccc2)[C@@H]1O. The van der Waals surface area contributed by atoms with E-state index in [1.54, 1.807) is 17.5 Å². The van der Waals surface area contributed by atoms with Gasteiger partial charge in [-0.2, -0.15) is 0 Å². The van der Waals surface area contributed by atoms with Crippen LogP contribution in [0.2, 0.25) is 0 Å². The second kappa shape index (κ2) is 7.32. The van der Waals surface area contributed by atoms with E-state index >= 15 is 0 Å². The molecule has 5 nitrogen and oxygen atoms in total. The maximum atomic E-state index is 12.7. The summed E-state index contributed by atoms with van der Waals surface area (Å²) in [5.74, 6) is 0.661. The van der Waals surface area contributed by atoms with Crippen LogP contribution in [0.3, 0.4) is 0 Å². The number of aryl methyl sites for hydroxylation is 1. The van der Waals surface area contributed by atoms with E-state index in [1.165, 1.54) is 11.3 Å². The van der Waals surface area contributed by atoms with Crippen LogP contribution in [-0.4, -0.2) is 46.2 Å². The van der Waals surface area contributed by atoms with E-state index in [1.807, 2.05) is 37.3 Å². The highest BCUT2D eigenvalue weighted by atomic mass is 32.1. The number of hydrogen-bond donors (Lipinski definition) is 1. The second-order valence-corrected chi connectivity index (χ2v) is 7.00. The first-order valence-corrected chi connectivity index (χ1v) is 9.03. The minimum absolute atomic E-state index is 0.0839. The molecular formula is C18H22N2O3S. The Bertz CT molecular complexity index is 689. The summed E-state index contributed by atoms with van der Waals surface area (Å²) in [5, 5.41) is 10.7. The van der Waals surface area contributed by atoms with Gasteiger partial charge in [-0.3, -0.25) is 4.79 Å². The topological polar surface area (TPSA) is 62.7 Å². The maximum absolute atomic E-state index is 12.7. The molecule has 1 amide bonds. The molecule has 1 aromatic heterocycles. The lowest BCUT2D eigenvalue weighted by molar-refractivity contribution is -0.0412. The van der Waals surface area contributed by atoms with E-state index in [4.69, 9.17) is 4.74 Å². The standard InChI is InChI=1S/C18H22N2O3S/c1-12-17(24-11-19-12)18(22)20(2)14-9-6-10-15(16(14)21)23-13-7-4-3-5-8-13/h3-5,7-8,11,14-16,21H,6,9-10H2,1-2H3/t14-,15-,16-/m1/s1. The molecule has 0 bridgehead atoms. The van der Waals surface area contributed by atoms with E-state index in [-0.39, 0.29) is 18.1 Å². The van der Waals surface area contributed by atoms with E-state index in [2.05, 4.69) is 4.98 Å². The zero-order valence-corrected chi connectivity index (χ0v) is 14.7. The molecule has 1 aliphatic rings. The van der Waals surface area contributed by atoms with Gasteiger partial charge in [0, 0.05) is 7.05 Å². The molecule has 1 saturated carbocycles. The number of amides is 1. The minimum Gasteiger partial charge on any atom is -0.488 e. The highest BCUT2D eigenvalue weighted by molar-refractivity contribution is 7.11. The first-order valence-electron chi connectivity index (χ1n) is 8.15. The fraction of sp³-hybridized carbons (Fsp3) is 0.444. The largest absolute Gasteiger partial charge is 0.488 e. The smallest absolute Gasteiger partial charge is 0.265 e. The van der Waals surface area contributed by atoms with Gasteiger partial charge in [0.2, 0.25) is 0 Å². The molecule has 1 fully saturated rings. The van der Waals surface area contributed by atoms with Crippen LogP contribution in [0.4, 0.5) is 0 Å². The number of ether oxygens (including phenoxy) is 1. The number of para-hydroxylation sites is 1. The molecule has 0 spiro atoms. The molecule has 128 valence electrons. The molecule has 24 heavy (non-hydrogen) atoms. The summed E-state index contributed by atoms with van der Waals surface area (Å²) >= 11 is 1.34. The van der Waals surface area contributed by atoms with Crippen molar-refractivity contribution in [3.8, 4) is 5.75 Å². The predicted octanol–water partition coefficient (Wildman–Crippen LogP) is 2.88. The first kappa shape index (κ1) is 16.9. The molecule has 0 aliphatic heterocycles. The Hall–Kier alpha value is -1.92. The third kappa shape index (κ3) is 3.44. The van der Waals surface area contributed by atoms with Gasteiger partial charge in [-0.25, -0.2) is 4.98 Å². The van der Waals surface area contributed by atoms with E-state index in [0.29, 0.717) is 4.88 Å². The number of aromatic nitrogens is 1. The van der Waals surface area contributed by atoms with Crippen molar-refractivity contribution in [2.24, 2.45) is 0 Å². The molecule has 0 saturated heterocycles. The lowest BCUT2D eigenvalue weighted by atomic mass is 9.88. The number of thiazole rings is 1. The number of carbonyl (C=O) groups excluding carboxylic acids is 1. The van der Waals surface area contributed by atoms with Crippen molar-refractivity contribution in [3.63, 3.8) is 0 Å². The number of hydrogen-bond acceptors (Lipinski definition) is 5. The van der Waals surface area contributed by atoms with Gasteiger partial charge >= 0.3 is 0 Å². The summed E-state index contributed by atoms with van der Waals surface area (Å²) in [4.78, 5) is 19.1. The summed E-state index contributed by atoms with van der Waals surface area (Å²) in [6.45, 7) is 1.83. The van der Waals surface area contributed by atoms with Crippen LogP contribution in [0.5, 0.6) is 5.75 Å². The maximum Gasteiger partial charge on any atom is 0.265 e. The lowest BCUT2D eigenvalue weighted by Gasteiger charge is -2.39. The van der Waals surface area contributed by atoms with E-state index in [9.17, 15) is 9.90 Å². The fourth-order valence-electron chi connectivity index (χ4n) is 3.16. The van der Waals surface area contributed by atoms with Crippen molar-refractivity contribution in [1.29, 1.82) is 0 Å². The molecule has 1 heterocycles. The molecule has 6 heteroatoms. The zero-order chi connectivity index (χ0) is 17.1. The van der Waals surface area contributed by atoms with E-state index in [0.717, 1.165) is 30.7 Å². The molecule has 0 radical (unpaired) electrons. The molecule has 2 aromatic rings. The summed E-state index contributed by atoms with van der Waals surface area (Å²) < 4.78 is 5.94. The highest BCUT2D eigenvalue weighted by Crippen LogP contribution is 2.28. The summed E-state index contributed by atoms with van der Waals surface area (Å²) in [6, 6.07) is 9.25. The summed E-state index contributed by atoms with van der Waals surface area (Å²) in [5.41, 5.74) is 2.41. The number of aliphatic hydroxyl groups is 1. The van der Waals surface area contributed by atoms with Crippen LogP contribution in [0.15, 0.2) is 35.8 Å². The predicted molar refractivity (Wildman–Crippen MR) is 93.4 cm³/mol. The molecule has 1 aliphatic carbocycles. The number of carbonyl (C=O) groups is 1. The summed E-state index contributed by atoms with van der Waals surface area (Å²) in [7, 11) is 1.75. The Balaban J connectivity index is 1.71. The van der Waals surface area contributed by atoms with Gasteiger partial charge in [0.25, 0.3) is 5.91 Å². The quantitative estimate of drug-likeness (QED) is 0.925. The van der Waals surface area contributed by atoms with Gasteiger partial charge < -0.3 is 14.7 Å². The summed E-state index contributed by atoms with van der Waals surface area (Å²) in [6.07, 6.45) is 1.47. The number of rotatable bonds is 4. The molecule has 1 N–H and O–H groups in total. The van der Waals surface area contributed by atoms with Crippen molar-refractivity contribution < 1.29 is 14.6 Å². The fourth-order valence-corrected chi connectivity index (χ4v) is 3.94. The van der Waals surface area contributed by atoms with Crippen LogP contribution in [0.1, 0.15) is 34.6 Å². The Morgan fingerprint density at radius 2 is 2.08 bits per heavy atom. The Labute approximate surface area is 145 Å². The van der Waals surface area contributed by atoms with Gasteiger partial charge in [0.15, 0.2) is 0 Å². The molecule has 1 aromatic carbocycles. The molecule has 3 rings (SSSR count). The van der Waals surface area contributed by atoms with Crippen LogP contribution in [-0.2, 0) is 0 Å². The zero-order valence-electron chi connectivity index (χ0n) is 13.9. The average molecular weight is 346 g/mol. The lowest BCUT2D eigenvalue weighted by Crippen LogP contribution is -2.53. The van der Waals surface area contributed by atoms with Crippen molar-refractivity contribution in [2.45, 2.75) is 44.4 Å². The van der Waals surface area contributed by atoms with Crippen molar-refractivity contribution >= 4 is 17.2 Å². The van der Waals surface area contributed by atoms with Gasteiger partial charge in [-0.15, -0.1) is 11.3 Å². The average Bonchev–Trinajstić information content (AvgIpc) is 3.02. The Kier molecular flexibility index (Phi) is 5.16. The van der Waals surface area contributed by atoms with Crippen LogP contribution >= 0.6 is 11.3 Å². The van der Waals surface area contributed by atoms with Crippen molar-refractivity contribution in [3.05, 3.63) is 46.4 Å². The van der Waals surface area contributed by atoms with Gasteiger partial charge in [0.1, 0.15) is 22.8 Å². The van der Waals surface area contributed by atoms with Gasteiger partial charge in [0.05, 0.1) is 17.2 Å². The molecule has 0 unspecified atom stereocenters. The number of aliphatic hydroxyl groups excluding tert-OH is 1. The second-order valence-electron chi connectivity index (χ2n) is 6.14. The van der Waals surface area contributed by atoms with Crippen LogP contribution < -0.4 is 4.74 Å². The Morgan fingerprint density at radius 3 is 2.75 bits per heavy atom. The third-order valence-corrected chi connectivity index (χ3v) is 5.47. The molecule has 3 atom stereocenters. The van der Waals surface area contributed by atoms with Gasteiger partial charge in [-0.1, -0.05) is 18.2 Å².